The van der Waals surface area contributed by atoms with E-state index in [1.165, 1.54) is 7.11 Å². The third-order valence-corrected chi connectivity index (χ3v) is 5.63. The summed E-state index contributed by atoms with van der Waals surface area (Å²) in [6, 6.07) is 12.1. The van der Waals surface area contributed by atoms with Crippen LogP contribution in [-0.2, 0) is 20.9 Å². The molecular weight excluding hydrogens is 454 g/mol. The van der Waals surface area contributed by atoms with Crippen LogP contribution in [-0.4, -0.2) is 41.8 Å². The second-order valence-corrected chi connectivity index (χ2v) is 8.50. The maximum atomic E-state index is 12.8. The van der Waals surface area contributed by atoms with Crippen LogP contribution in [0.1, 0.15) is 25.0 Å². The van der Waals surface area contributed by atoms with E-state index in [0.717, 1.165) is 16.7 Å². The predicted octanol–water partition coefficient (Wildman–Crippen LogP) is 4.92. The molecule has 0 N–H and O–H groups in total. The van der Waals surface area contributed by atoms with Crippen molar-refractivity contribution in [2.75, 3.05) is 13.7 Å². The van der Waals surface area contributed by atoms with Gasteiger partial charge in [-0.1, -0.05) is 35.9 Å². The van der Waals surface area contributed by atoms with E-state index in [1.54, 1.807) is 62.4 Å². The van der Waals surface area contributed by atoms with Gasteiger partial charge in [0.25, 0.3) is 11.1 Å². The third kappa shape index (κ3) is 5.83. The van der Waals surface area contributed by atoms with Crippen LogP contribution in [0, 0.1) is 0 Å². The number of benzene rings is 2. The summed E-state index contributed by atoms with van der Waals surface area (Å²) in [6.07, 6.45) is 1.38. The first-order valence-corrected chi connectivity index (χ1v) is 11.0. The van der Waals surface area contributed by atoms with E-state index in [9.17, 15) is 14.4 Å². The van der Waals surface area contributed by atoms with Crippen molar-refractivity contribution < 1.29 is 28.6 Å². The van der Waals surface area contributed by atoms with E-state index in [2.05, 4.69) is 0 Å². The molecule has 2 aromatic rings. The number of imide groups is 1. The van der Waals surface area contributed by atoms with E-state index < -0.39 is 11.9 Å². The highest BCUT2D eigenvalue weighted by Crippen LogP contribution is 2.35. The number of carbonyl (C=O) groups is 3. The Hall–Kier alpha value is -2.97. The molecule has 1 fully saturated rings. The van der Waals surface area contributed by atoms with Crippen LogP contribution in [0.25, 0.3) is 6.08 Å². The topological polar surface area (TPSA) is 82.1 Å². The van der Waals surface area contributed by atoms with Crippen LogP contribution in [0.4, 0.5) is 4.79 Å². The average molecular weight is 476 g/mol. The van der Waals surface area contributed by atoms with E-state index >= 15 is 0 Å². The fourth-order valence-electron chi connectivity index (χ4n) is 2.91. The Morgan fingerprint density at radius 3 is 2.59 bits per heavy atom. The fourth-order valence-corrected chi connectivity index (χ4v) is 3.95. The molecule has 1 aliphatic heterocycles. The number of thioether (sulfide) groups is 1. The van der Waals surface area contributed by atoms with Gasteiger partial charge >= 0.3 is 5.97 Å². The van der Waals surface area contributed by atoms with Gasteiger partial charge in [-0.25, -0.2) is 4.79 Å². The Kier molecular flexibility index (Phi) is 7.82. The number of carbonyl (C=O) groups excluding carboxylic acids is 3. The molecule has 7 nitrogen and oxygen atoms in total. The summed E-state index contributed by atoms with van der Waals surface area (Å²) in [5.74, 6) is -0.141. The smallest absolute Gasteiger partial charge is 0.344 e. The molecule has 2 amide bonds. The van der Waals surface area contributed by atoms with Crippen molar-refractivity contribution in [3.8, 4) is 11.5 Å². The van der Waals surface area contributed by atoms with E-state index in [-0.39, 0.29) is 24.5 Å². The highest BCUT2D eigenvalue weighted by molar-refractivity contribution is 8.18. The first-order valence-electron chi connectivity index (χ1n) is 9.77. The van der Waals surface area contributed by atoms with Gasteiger partial charge in [-0.15, -0.1) is 0 Å². The lowest BCUT2D eigenvalue weighted by molar-refractivity contribution is -0.149. The minimum atomic E-state index is -0.488. The molecule has 0 saturated carbocycles. The molecule has 3 rings (SSSR count). The number of methoxy groups -OCH3 is 1. The zero-order valence-electron chi connectivity index (χ0n) is 17.8. The number of ether oxygens (including phenoxy) is 3. The molecule has 1 aliphatic rings. The number of amides is 2. The number of esters is 1. The van der Waals surface area contributed by atoms with Crippen molar-refractivity contribution in [3.63, 3.8) is 0 Å². The Labute approximate surface area is 195 Å². The Morgan fingerprint density at radius 1 is 1.16 bits per heavy atom. The summed E-state index contributed by atoms with van der Waals surface area (Å²) in [5, 5.41) is 0.130. The zero-order valence-corrected chi connectivity index (χ0v) is 19.4. The second kappa shape index (κ2) is 10.6. The standard InChI is InChI=1S/C23H22ClNO6S/c1-14(2)31-21(26)13-30-18-9-8-15(10-19(18)29-3)11-20-22(27)25(23(28)32-20)12-16-6-4-5-7-17(16)24/h4-11,14H,12-13H2,1-3H3/b20-11-. The van der Waals surface area contributed by atoms with Gasteiger partial charge in [0.1, 0.15) is 0 Å². The fraction of sp³-hybridized carbons (Fsp3) is 0.261. The number of hydrogen-bond acceptors (Lipinski definition) is 7. The summed E-state index contributed by atoms with van der Waals surface area (Å²) in [7, 11) is 1.47. The molecule has 9 heteroatoms. The van der Waals surface area contributed by atoms with Crippen molar-refractivity contribution in [1.29, 1.82) is 0 Å². The van der Waals surface area contributed by atoms with Crippen molar-refractivity contribution in [2.45, 2.75) is 26.5 Å². The van der Waals surface area contributed by atoms with Gasteiger partial charge in [0, 0.05) is 5.02 Å². The Balaban J connectivity index is 1.73. The summed E-state index contributed by atoms with van der Waals surface area (Å²) < 4.78 is 15.9. The van der Waals surface area contributed by atoms with E-state index in [0.29, 0.717) is 32.6 Å². The van der Waals surface area contributed by atoms with Gasteiger partial charge in [0.15, 0.2) is 18.1 Å². The average Bonchev–Trinajstić information content (AvgIpc) is 3.01. The van der Waals surface area contributed by atoms with E-state index in [1.807, 2.05) is 0 Å². The number of hydrogen-bond donors (Lipinski definition) is 0. The van der Waals surface area contributed by atoms with Gasteiger partial charge in [-0.05, 0) is 61.0 Å². The van der Waals surface area contributed by atoms with Crippen LogP contribution in [0.2, 0.25) is 5.02 Å². The second-order valence-electron chi connectivity index (χ2n) is 7.10. The minimum Gasteiger partial charge on any atom is -0.493 e. The van der Waals surface area contributed by atoms with Crippen LogP contribution >= 0.6 is 23.4 Å². The maximum absolute atomic E-state index is 12.8. The lowest BCUT2D eigenvalue weighted by Gasteiger charge is -2.13. The molecule has 168 valence electrons. The van der Waals surface area contributed by atoms with Crippen LogP contribution in [0.5, 0.6) is 11.5 Å². The largest absolute Gasteiger partial charge is 0.493 e. The molecule has 0 aliphatic carbocycles. The molecule has 0 atom stereocenters. The molecule has 0 bridgehead atoms. The van der Waals surface area contributed by atoms with Crippen LogP contribution in [0.15, 0.2) is 47.4 Å². The molecule has 2 aromatic carbocycles. The van der Waals surface area contributed by atoms with Crippen molar-refractivity contribution in [1.82, 2.24) is 4.90 Å². The molecular formula is C23H22ClNO6S. The summed E-state index contributed by atoms with van der Waals surface area (Å²) >= 11 is 7.02. The zero-order chi connectivity index (χ0) is 23.3. The lowest BCUT2D eigenvalue weighted by atomic mass is 10.1. The van der Waals surface area contributed by atoms with Crippen molar-refractivity contribution in [3.05, 3.63) is 63.5 Å². The first kappa shape index (κ1) is 23.7. The van der Waals surface area contributed by atoms with Gasteiger partial charge in [0.2, 0.25) is 0 Å². The first-order chi connectivity index (χ1) is 15.3. The number of nitrogens with zero attached hydrogens (tertiary/aromatic N) is 1. The molecule has 0 unspecified atom stereocenters. The Morgan fingerprint density at radius 2 is 1.91 bits per heavy atom. The van der Waals surface area contributed by atoms with Gasteiger partial charge in [-0.3, -0.25) is 14.5 Å². The SMILES string of the molecule is COc1cc(/C=C2\SC(=O)N(Cc3ccccc3Cl)C2=O)ccc1OCC(=O)OC(C)C. The monoisotopic (exact) mass is 475 g/mol. The van der Waals surface area contributed by atoms with E-state index in [4.69, 9.17) is 25.8 Å². The molecule has 0 radical (unpaired) electrons. The van der Waals surface area contributed by atoms with Crippen LogP contribution < -0.4 is 9.47 Å². The van der Waals surface area contributed by atoms with Gasteiger partial charge in [0.05, 0.1) is 24.7 Å². The third-order valence-electron chi connectivity index (χ3n) is 4.36. The summed E-state index contributed by atoms with van der Waals surface area (Å²) in [4.78, 5) is 38.3. The molecule has 0 aromatic heterocycles. The molecule has 32 heavy (non-hydrogen) atoms. The summed E-state index contributed by atoms with van der Waals surface area (Å²) in [5.41, 5.74) is 1.33. The maximum Gasteiger partial charge on any atom is 0.344 e. The summed E-state index contributed by atoms with van der Waals surface area (Å²) in [6.45, 7) is 3.35. The quantitative estimate of drug-likeness (QED) is 0.396. The predicted molar refractivity (Wildman–Crippen MR) is 123 cm³/mol. The number of halogens is 1. The highest BCUT2D eigenvalue weighted by Gasteiger charge is 2.35. The van der Waals surface area contributed by atoms with Gasteiger partial charge < -0.3 is 14.2 Å². The number of rotatable bonds is 8. The molecule has 0 spiro atoms. The highest BCUT2D eigenvalue weighted by atomic mass is 35.5. The molecule has 1 heterocycles. The van der Waals surface area contributed by atoms with Crippen molar-refractivity contribution >= 4 is 46.6 Å². The minimum absolute atomic E-state index is 0.101. The van der Waals surface area contributed by atoms with Gasteiger partial charge in [-0.2, -0.15) is 0 Å². The Bertz CT molecular complexity index is 1070. The molecule has 1 saturated heterocycles. The normalized spacial score (nSPS) is 14.9. The van der Waals surface area contributed by atoms with Crippen molar-refractivity contribution in [2.24, 2.45) is 0 Å². The van der Waals surface area contributed by atoms with Crippen LogP contribution in [0.3, 0.4) is 0 Å². The lowest BCUT2D eigenvalue weighted by Crippen LogP contribution is -2.27.